The molecule has 138 valence electrons. The zero-order valence-electron chi connectivity index (χ0n) is 15.2. The van der Waals surface area contributed by atoms with Crippen molar-refractivity contribution in [2.24, 2.45) is 20.0 Å². The molecule has 2 unspecified atom stereocenters. The van der Waals surface area contributed by atoms with Crippen LogP contribution in [0.1, 0.15) is 25.7 Å². The Kier molecular flexibility index (Phi) is 5.10. The van der Waals surface area contributed by atoms with Crippen molar-refractivity contribution in [3.8, 4) is 0 Å². The molecule has 1 fully saturated rings. The highest BCUT2D eigenvalue weighted by molar-refractivity contribution is 5.69. The number of imidazole rings is 1. The smallest absolute Gasteiger partial charge is 0.332 e. The molecule has 0 saturated heterocycles. The molecule has 1 saturated carbocycles. The van der Waals surface area contributed by atoms with Gasteiger partial charge < -0.3 is 14.6 Å². The number of nitrogens with zero attached hydrogens (tertiary/aromatic N) is 5. The molecule has 8 nitrogen and oxygen atoms in total. The van der Waals surface area contributed by atoms with Gasteiger partial charge in [-0.1, -0.05) is 6.42 Å². The molecule has 2 heterocycles. The molecule has 0 aromatic carbocycles. The van der Waals surface area contributed by atoms with Gasteiger partial charge in [0.15, 0.2) is 11.2 Å². The van der Waals surface area contributed by atoms with Crippen LogP contribution in [0.15, 0.2) is 15.9 Å². The number of hydrogen-bond donors (Lipinski definition) is 1. The molecule has 2 aromatic rings. The summed E-state index contributed by atoms with van der Waals surface area (Å²) < 4.78 is 4.37. The summed E-state index contributed by atoms with van der Waals surface area (Å²) in [6.07, 6.45) is 5.13. The van der Waals surface area contributed by atoms with Gasteiger partial charge in [-0.3, -0.25) is 13.9 Å². The van der Waals surface area contributed by atoms with Crippen LogP contribution in [0.2, 0.25) is 0 Å². The van der Waals surface area contributed by atoms with Crippen LogP contribution >= 0.6 is 0 Å². The topological polar surface area (TPSA) is 85.3 Å². The maximum atomic E-state index is 12.6. The number of rotatable bonds is 6. The van der Waals surface area contributed by atoms with E-state index in [-0.39, 0.29) is 17.4 Å². The van der Waals surface area contributed by atoms with E-state index in [4.69, 9.17) is 0 Å². The van der Waals surface area contributed by atoms with Crippen molar-refractivity contribution in [1.29, 1.82) is 0 Å². The van der Waals surface area contributed by atoms with E-state index in [1.165, 1.54) is 9.13 Å². The largest absolute Gasteiger partial charge is 0.393 e. The average molecular weight is 349 g/mol. The Morgan fingerprint density at radius 2 is 2.08 bits per heavy atom. The van der Waals surface area contributed by atoms with Crippen molar-refractivity contribution < 1.29 is 5.11 Å². The first-order valence-electron chi connectivity index (χ1n) is 8.87. The fourth-order valence-electron chi connectivity index (χ4n) is 3.81. The molecule has 0 bridgehead atoms. The summed E-state index contributed by atoms with van der Waals surface area (Å²) in [4.78, 5) is 31.4. The fraction of sp³-hybridized carbons (Fsp3) is 0.706. The fourth-order valence-corrected chi connectivity index (χ4v) is 3.81. The number of aryl methyl sites for hydroxylation is 2. The van der Waals surface area contributed by atoms with Gasteiger partial charge in [0.1, 0.15) is 0 Å². The maximum Gasteiger partial charge on any atom is 0.332 e. The van der Waals surface area contributed by atoms with Crippen LogP contribution in [0.25, 0.3) is 11.2 Å². The van der Waals surface area contributed by atoms with Crippen molar-refractivity contribution >= 4 is 11.2 Å². The molecular weight excluding hydrogens is 322 g/mol. The summed E-state index contributed by atoms with van der Waals surface area (Å²) in [6, 6.07) is 0. The van der Waals surface area contributed by atoms with Crippen LogP contribution in [0.4, 0.5) is 0 Å². The summed E-state index contributed by atoms with van der Waals surface area (Å²) in [7, 11) is 5.42. The number of hydrogen-bond acceptors (Lipinski definition) is 5. The molecule has 0 radical (unpaired) electrons. The lowest BCUT2D eigenvalue weighted by Crippen LogP contribution is -2.40. The van der Waals surface area contributed by atoms with E-state index < -0.39 is 0 Å². The lowest BCUT2D eigenvalue weighted by Gasteiger charge is -2.23. The Labute approximate surface area is 146 Å². The van der Waals surface area contributed by atoms with Crippen LogP contribution in [0.3, 0.4) is 0 Å². The Bertz CT molecular complexity index is 866. The second-order valence-electron chi connectivity index (χ2n) is 7.20. The highest BCUT2D eigenvalue weighted by Gasteiger charge is 2.26. The van der Waals surface area contributed by atoms with Crippen LogP contribution in [-0.4, -0.2) is 54.9 Å². The zero-order chi connectivity index (χ0) is 18.1. The Balaban J connectivity index is 1.68. The van der Waals surface area contributed by atoms with Gasteiger partial charge in [-0.15, -0.1) is 0 Å². The molecule has 0 spiro atoms. The molecule has 1 N–H and O–H groups in total. The normalized spacial score (nSPS) is 20.8. The molecule has 1 aliphatic carbocycles. The third kappa shape index (κ3) is 3.41. The second-order valence-corrected chi connectivity index (χ2v) is 7.20. The van der Waals surface area contributed by atoms with E-state index in [1.54, 1.807) is 25.0 Å². The maximum absolute atomic E-state index is 12.6. The summed E-state index contributed by atoms with van der Waals surface area (Å²) in [5, 5.41) is 9.93. The lowest BCUT2D eigenvalue weighted by atomic mass is 10.1. The van der Waals surface area contributed by atoms with Crippen LogP contribution in [0, 0.1) is 5.92 Å². The third-order valence-electron chi connectivity index (χ3n) is 5.29. The number of aliphatic hydroxyl groups is 1. The molecule has 0 amide bonds. The van der Waals surface area contributed by atoms with E-state index in [9.17, 15) is 14.7 Å². The average Bonchev–Trinajstić information content (AvgIpc) is 3.15. The van der Waals surface area contributed by atoms with E-state index in [1.807, 2.05) is 7.05 Å². The van der Waals surface area contributed by atoms with Crippen molar-refractivity contribution in [2.75, 3.05) is 20.1 Å². The molecule has 1 aliphatic rings. The highest BCUT2D eigenvalue weighted by Crippen LogP contribution is 2.25. The van der Waals surface area contributed by atoms with E-state index in [0.29, 0.717) is 30.0 Å². The Morgan fingerprint density at radius 3 is 2.76 bits per heavy atom. The SMILES string of the molecule is CN(CCCn1c(=O)c2c(ncn2C)n(C)c1=O)CC1CCCC1O. The zero-order valence-corrected chi connectivity index (χ0v) is 15.2. The summed E-state index contributed by atoms with van der Waals surface area (Å²) in [5.74, 6) is 0.339. The van der Waals surface area contributed by atoms with Crippen LogP contribution in [0.5, 0.6) is 0 Å². The minimum atomic E-state index is -0.329. The molecule has 3 rings (SSSR count). The van der Waals surface area contributed by atoms with Gasteiger partial charge in [0, 0.05) is 27.2 Å². The standard InChI is InChI=1S/C17H27N5O3/c1-19(10-12-6-4-7-13(12)23)8-5-9-22-16(24)14-15(18-11-20(14)2)21(3)17(22)25/h11-13,23H,4-10H2,1-3H3. The predicted molar refractivity (Wildman–Crippen MR) is 95.7 cm³/mol. The van der Waals surface area contributed by atoms with E-state index in [2.05, 4.69) is 9.88 Å². The van der Waals surface area contributed by atoms with Crippen LogP contribution in [-0.2, 0) is 20.6 Å². The Hall–Kier alpha value is -1.93. The van der Waals surface area contributed by atoms with Crippen molar-refractivity contribution in [3.63, 3.8) is 0 Å². The lowest BCUT2D eigenvalue weighted by molar-refractivity contribution is 0.109. The van der Waals surface area contributed by atoms with E-state index >= 15 is 0 Å². The second kappa shape index (κ2) is 7.13. The van der Waals surface area contributed by atoms with Gasteiger partial charge in [-0.25, -0.2) is 9.78 Å². The molecule has 25 heavy (non-hydrogen) atoms. The first kappa shape index (κ1) is 17.9. The number of fused-ring (bicyclic) bond motifs is 1. The first-order chi connectivity index (χ1) is 11.9. The minimum absolute atomic E-state index is 0.190. The minimum Gasteiger partial charge on any atom is -0.393 e. The monoisotopic (exact) mass is 349 g/mol. The summed E-state index contributed by atoms with van der Waals surface area (Å²) in [5.41, 5.74) is 0.252. The summed E-state index contributed by atoms with van der Waals surface area (Å²) in [6.45, 7) is 2.02. The first-order valence-corrected chi connectivity index (χ1v) is 8.87. The van der Waals surface area contributed by atoms with E-state index in [0.717, 1.165) is 32.4 Å². The molecular formula is C17H27N5O3. The number of aliphatic hydroxyl groups excluding tert-OH is 1. The highest BCUT2D eigenvalue weighted by atomic mass is 16.3. The summed E-state index contributed by atoms with van der Waals surface area (Å²) >= 11 is 0. The molecule has 0 aliphatic heterocycles. The van der Waals surface area contributed by atoms with Gasteiger partial charge in [0.05, 0.1) is 12.4 Å². The van der Waals surface area contributed by atoms with Gasteiger partial charge in [-0.05, 0) is 38.8 Å². The molecule has 2 atom stereocenters. The number of aromatic nitrogens is 4. The van der Waals surface area contributed by atoms with Gasteiger partial charge in [0.25, 0.3) is 5.56 Å². The quantitative estimate of drug-likeness (QED) is 0.788. The van der Waals surface area contributed by atoms with Gasteiger partial charge in [-0.2, -0.15) is 0 Å². The predicted octanol–water partition coefficient (Wildman–Crippen LogP) is -0.0834. The van der Waals surface area contributed by atoms with Crippen molar-refractivity contribution in [2.45, 2.75) is 38.3 Å². The van der Waals surface area contributed by atoms with Crippen molar-refractivity contribution in [1.82, 2.24) is 23.6 Å². The third-order valence-corrected chi connectivity index (χ3v) is 5.29. The molecule has 2 aromatic heterocycles. The van der Waals surface area contributed by atoms with Gasteiger partial charge >= 0.3 is 5.69 Å². The molecule has 8 heteroatoms. The Morgan fingerprint density at radius 1 is 1.32 bits per heavy atom. The van der Waals surface area contributed by atoms with Crippen LogP contribution < -0.4 is 11.2 Å². The van der Waals surface area contributed by atoms with Gasteiger partial charge in [0.2, 0.25) is 0 Å². The van der Waals surface area contributed by atoms with Crippen molar-refractivity contribution in [3.05, 3.63) is 27.2 Å².